The molecule has 0 bridgehead atoms. The number of hydrogen-bond acceptors (Lipinski definition) is 0. The standard InChI is InChI=1S/C92H72P2.2ClH.Ni/c1-9-29-65(30-10-1)75-53-76(66-31-11-2-12-32-66)58-83(57-75)93(84-59-77(67-33-13-3-14-34-67)54-78(60-84)68-35-15-4-16-36-68)89-51-49-73-45-25-27-47-87(73)91(89)92-88-48-28-26-46-74(88)50-52-90(92)94(85-61-79(69-37-17-5-18-38-69)55-80(62-85)70-39-19-6-20-40-70)86-63-81(71-41-21-7-22-42-71)56-82(64-86)72-43-23-8-24-44-72;;;/h1-24,29-44,49-64H,25-28,45-48H2;2*1H;/q;;;+2/p-2. The van der Waals surface area contributed by atoms with Crippen LogP contribution in [0.25, 0.3) is 100 Å². The van der Waals surface area contributed by atoms with Gasteiger partial charge in [-0.2, -0.15) is 0 Å². The molecule has 0 heterocycles. The summed E-state index contributed by atoms with van der Waals surface area (Å²) in [5, 5.41) is 8.25. The molecule has 0 saturated heterocycles. The van der Waals surface area contributed by atoms with Gasteiger partial charge in [0, 0.05) is 0 Å². The summed E-state index contributed by atoms with van der Waals surface area (Å²) < 4.78 is 0. The third-order valence-corrected chi connectivity index (χ3v) is 24.1. The fourth-order valence-electron chi connectivity index (χ4n) is 14.8. The van der Waals surface area contributed by atoms with Gasteiger partial charge in [-0.15, -0.1) is 0 Å². The maximum absolute atomic E-state index is 4.70. The van der Waals surface area contributed by atoms with E-state index >= 15 is 0 Å². The zero-order valence-corrected chi connectivity index (χ0v) is 58.2. The van der Waals surface area contributed by atoms with Gasteiger partial charge in [0.15, 0.2) is 0 Å². The molecule has 2 aliphatic carbocycles. The first-order chi connectivity index (χ1) is 48.0. The van der Waals surface area contributed by atoms with E-state index in [0.29, 0.717) is 12.7 Å². The molecule has 0 saturated carbocycles. The van der Waals surface area contributed by atoms with Crippen LogP contribution in [0, 0.1) is 0 Å². The molecule has 14 aromatic rings. The average Bonchev–Trinajstić information content (AvgIpc) is 0.959. The van der Waals surface area contributed by atoms with E-state index in [1.165, 1.54) is 156 Å². The Morgan fingerprint density at radius 1 is 0.206 bits per heavy atom. The summed E-state index contributed by atoms with van der Waals surface area (Å²) in [7, 11) is 6.76. The minimum absolute atomic E-state index is 0.569. The fraction of sp³-hybridized carbons (Fsp3) is 0.0870. The van der Waals surface area contributed by atoms with Crippen molar-refractivity contribution in [3.05, 3.63) is 362 Å². The first kappa shape index (κ1) is 64.0. The van der Waals surface area contributed by atoms with Gasteiger partial charge < -0.3 is 0 Å². The summed E-state index contributed by atoms with van der Waals surface area (Å²) in [6, 6.07) is 130. The van der Waals surface area contributed by atoms with E-state index in [4.69, 9.17) is 20.4 Å². The first-order valence-electron chi connectivity index (χ1n) is 33.8. The van der Waals surface area contributed by atoms with Crippen molar-refractivity contribution in [3.63, 3.8) is 0 Å². The minimum Gasteiger partial charge on any atom is -0.0622 e. The van der Waals surface area contributed by atoms with Crippen molar-refractivity contribution >= 4 is 68.1 Å². The van der Waals surface area contributed by atoms with E-state index in [1.807, 2.05) is 0 Å². The Morgan fingerprint density at radius 2 is 0.392 bits per heavy atom. The van der Waals surface area contributed by atoms with Crippen molar-refractivity contribution in [3.8, 4) is 100 Å². The third kappa shape index (κ3) is 14.1. The van der Waals surface area contributed by atoms with E-state index < -0.39 is 15.8 Å². The van der Waals surface area contributed by atoms with Crippen LogP contribution in [0.5, 0.6) is 0 Å². The molecule has 5 heteroatoms. The Morgan fingerprint density at radius 3 is 0.588 bits per heavy atom. The van der Waals surface area contributed by atoms with Crippen molar-refractivity contribution < 1.29 is 12.7 Å². The van der Waals surface area contributed by atoms with Crippen LogP contribution in [-0.2, 0) is 38.3 Å². The van der Waals surface area contributed by atoms with Crippen LogP contribution >= 0.6 is 36.2 Å². The van der Waals surface area contributed by atoms with Crippen LogP contribution < -0.4 is 31.8 Å². The fourth-order valence-corrected chi connectivity index (χ4v) is 20.0. The van der Waals surface area contributed by atoms with E-state index in [1.54, 1.807) is 11.1 Å². The number of aryl methyl sites for hydroxylation is 2. The molecule has 0 N–H and O–H groups in total. The second-order valence-corrected chi connectivity index (χ2v) is 31.3. The van der Waals surface area contributed by atoms with Gasteiger partial charge in [-0.25, -0.2) is 0 Å². The van der Waals surface area contributed by atoms with Crippen molar-refractivity contribution in [2.45, 2.75) is 51.4 Å². The zero-order valence-electron chi connectivity index (χ0n) is 54.0. The van der Waals surface area contributed by atoms with Gasteiger partial charge in [0.05, 0.1) is 0 Å². The SMILES string of the molecule is [Cl][Ni][Cl].c1ccc(-c2cc(-c3ccccc3)cc(P(c3cc(-c4ccccc4)cc(-c4ccccc4)c3)c3ccc4c(c3-c3c(P(c5cc(-c6ccccc6)cc(-c6ccccc6)c5)c5cc(-c6ccccc6)cc(-c6ccccc6)c5)ccc5c3CCCC5)CCCC4)c2)cc1. The summed E-state index contributed by atoms with van der Waals surface area (Å²) in [6.45, 7) is 0. The van der Waals surface area contributed by atoms with Crippen molar-refractivity contribution in [1.82, 2.24) is 0 Å². The summed E-state index contributed by atoms with van der Waals surface area (Å²) in [4.78, 5) is 0. The molecule has 0 spiro atoms. The molecule has 0 aromatic heterocycles. The van der Waals surface area contributed by atoms with E-state index in [2.05, 4.69) is 340 Å². The average molecular weight is 1370 g/mol. The number of halogens is 2. The predicted molar refractivity (Wildman–Crippen MR) is 418 cm³/mol. The summed E-state index contributed by atoms with van der Waals surface area (Å²) in [5.41, 5.74) is 28.6. The van der Waals surface area contributed by atoms with Gasteiger partial charge in [0.1, 0.15) is 0 Å². The van der Waals surface area contributed by atoms with Gasteiger partial charge in [-0.3, -0.25) is 0 Å². The summed E-state index contributed by atoms with van der Waals surface area (Å²) in [6.07, 6.45) is 8.90. The molecule has 14 aromatic carbocycles. The molecular weight excluding hydrogens is 1300 g/mol. The third-order valence-electron chi connectivity index (χ3n) is 19.3. The number of fused-ring (bicyclic) bond motifs is 2. The van der Waals surface area contributed by atoms with Crippen molar-refractivity contribution in [1.29, 1.82) is 0 Å². The van der Waals surface area contributed by atoms with Gasteiger partial charge in [-0.1, -0.05) is 267 Å². The van der Waals surface area contributed by atoms with Gasteiger partial charge in [0.2, 0.25) is 0 Å². The molecule has 0 amide bonds. The number of hydrogen-bond donors (Lipinski definition) is 0. The van der Waals surface area contributed by atoms with E-state index in [0.717, 1.165) is 38.5 Å². The monoisotopic (exact) mass is 1370 g/mol. The topological polar surface area (TPSA) is 0 Å². The van der Waals surface area contributed by atoms with E-state index in [9.17, 15) is 0 Å². The van der Waals surface area contributed by atoms with Crippen molar-refractivity contribution in [2.24, 2.45) is 0 Å². The first-order valence-corrected chi connectivity index (χ1v) is 39.2. The van der Waals surface area contributed by atoms with Crippen LogP contribution in [0.4, 0.5) is 0 Å². The smallest absolute Gasteiger partial charge is 0.00559 e. The Kier molecular flexibility index (Phi) is 19.9. The molecule has 0 fully saturated rings. The van der Waals surface area contributed by atoms with Gasteiger partial charge >= 0.3 is 33.0 Å². The van der Waals surface area contributed by atoms with Crippen LogP contribution in [-0.4, -0.2) is 0 Å². The maximum atomic E-state index is 4.70. The second kappa shape index (κ2) is 30.2. The molecule has 16 rings (SSSR count). The van der Waals surface area contributed by atoms with Gasteiger partial charge in [-0.05, 0) is 294 Å². The molecular formula is C92H72Cl2NiP2. The molecule has 0 nitrogen and oxygen atoms in total. The Labute approximate surface area is 589 Å². The normalized spacial score (nSPS) is 12.6. The van der Waals surface area contributed by atoms with Gasteiger partial charge in [0.25, 0.3) is 0 Å². The molecule has 0 unspecified atom stereocenters. The van der Waals surface area contributed by atoms with Crippen LogP contribution in [0.15, 0.2) is 340 Å². The molecule has 0 radical (unpaired) electrons. The van der Waals surface area contributed by atoms with Crippen molar-refractivity contribution in [2.75, 3.05) is 0 Å². The molecule has 474 valence electrons. The molecule has 97 heavy (non-hydrogen) atoms. The minimum atomic E-state index is -1.32. The summed E-state index contributed by atoms with van der Waals surface area (Å²) >= 11 is 0.569. The zero-order chi connectivity index (χ0) is 65.3. The summed E-state index contributed by atoms with van der Waals surface area (Å²) in [5.74, 6) is 0. The largest absolute Gasteiger partial charge is 0.0622 e. The predicted octanol–water partition coefficient (Wildman–Crippen LogP) is 23.3. The van der Waals surface area contributed by atoms with Crippen LogP contribution in [0.2, 0.25) is 0 Å². The van der Waals surface area contributed by atoms with E-state index in [-0.39, 0.29) is 0 Å². The molecule has 0 atom stereocenters. The number of rotatable bonds is 15. The van der Waals surface area contributed by atoms with Crippen LogP contribution in [0.3, 0.4) is 0 Å². The number of benzene rings is 14. The Hall–Kier alpha value is -8.99. The molecule has 2 aliphatic rings. The Bertz CT molecular complexity index is 4210. The molecule has 0 aliphatic heterocycles. The Balaban J connectivity index is 0.00000252. The second-order valence-electron chi connectivity index (χ2n) is 25.3. The quantitative estimate of drug-likeness (QED) is 0.0709. The maximum Gasteiger partial charge on any atom is -0.00559 e. The van der Waals surface area contributed by atoms with Crippen LogP contribution in [0.1, 0.15) is 47.9 Å².